The van der Waals surface area contributed by atoms with Gasteiger partial charge in [0.05, 0.1) is 4.90 Å². The molecule has 2 N–H and O–H groups in total. The Morgan fingerprint density at radius 3 is 2.48 bits per heavy atom. The van der Waals surface area contributed by atoms with E-state index in [2.05, 4.69) is 5.32 Å². The van der Waals surface area contributed by atoms with Gasteiger partial charge in [-0.15, -0.1) is 0 Å². The largest absolute Gasteiger partial charge is 0.480 e. The molecule has 1 atom stereocenters. The number of nitrogens with one attached hydrogen (secondary N) is 1. The highest BCUT2D eigenvalue weighted by Gasteiger charge is 2.26. The van der Waals surface area contributed by atoms with Gasteiger partial charge in [-0.2, -0.15) is 4.31 Å². The molecular formula is C15H20N2O5S. The van der Waals surface area contributed by atoms with Gasteiger partial charge in [0.1, 0.15) is 6.04 Å². The lowest BCUT2D eigenvalue weighted by Crippen LogP contribution is -2.38. The molecule has 8 heteroatoms. The Morgan fingerprint density at radius 2 is 1.87 bits per heavy atom. The van der Waals surface area contributed by atoms with E-state index in [0.717, 1.165) is 19.3 Å². The van der Waals surface area contributed by atoms with Crippen molar-refractivity contribution in [3.8, 4) is 0 Å². The monoisotopic (exact) mass is 340 g/mol. The van der Waals surface area contributed by atoms with E-state index < -0.39 is 27.9 Å². The molecule has 2 rings (SSSR count). The molecule has 7 nitrogen and oxygen atoms in total. The fourth-order valence-corrected chi connectivity index (χ4v) is 3.96. The molecule has 0 saturated carbocycles. The Kier molecular flexibility index (Phi) is 5.38. The standard InChI is InChI=1S/C15H20N2O5S/c1-11(15(19)20)16-14(18)12-6-5-7-13(10-12)23(21,22)17-8-3-2-4-9-17/h5-7,10-11H,2-4,8-9H2,1H3,(H,16,18)(H,19,20). The van der Waals surface area contributed by atoms with E-state index in [1.54, 1.807) is 0 Å². The van der Waals surface area contributed by atoms with Gasteiger partial charge in [-0.1, -0.05) is 12.5 Å². The number of aliphatic carboxylic acids is 1. The van der Waals surface area contributed by atoms with E-state index in [1.807, 2.05) is 0 Å². The first-order valence-corrected chi connectivity index (χ1v) is 8.90. The van der Waals surface area contributed by atoms with Gasteiger partial charge >= 0.3 is 5.97 Å². The van der Waals surface area contributed by atoms with Gasteiger partial charge in [-0.3, -0.25) is 9.59 Å². The van der Waals surface area contributed by atoms with Gasteiger partial charge < -0.3 is 10.4 Å². The van der Waals surface area contributed by atoms with E-state index in [4.69, 9.17) is 5.11 Å². The Bertz CT molecular complexity index is 696. The van der Waals surface area contributed by atoms with Crippen LogP contribution in [0, 0.1) is 0 Å². The molecule has 1 heterocycles. The number of amides is 1. The van der Waals surface area contributed by atoms with Crippen LogP contribution in [0.2, 0.25) is 0 Å². The number of hydrogen-bond acceptors (Lipinski definition) is 4. The number of carboxylic acid groups (broad SMARTS) is 1. The van der Waals surface area contributed by atoms with Crippen molar-refractivity contribution in [2.75, 3.05) is 13.1 Å². The highest BCUT2D eigenvalue weighted by molar-refractivity contribution is 7.89. The van der Waals surface area contributed by atoms with Crippen LogP contribution in [0.25, 0.3) is 0 Å². The Balaban J connectivity index is 2.22. The van der Waals surface area contributed by atoms with Crippen LogP contribution in [0.5, 0.6) is 0 Å². The number of benzene rings is 1. The van der Waals surface area contributed by atoms with Crippen LogP contribution in [0.4, 0.5) is 0 Å². The van der Waals surface area contributed by atoms with Gasteiger partial charge in [-0.25, -0.2) is 8.42 Å². The molecule has 126 valence electrons. The number of carbonyl (C=O) groups is 2. The molecule has 1 aliphatic rings. The van der Waals surface area contributed by atoms with E-state index in [-0.39, 0.29) is 10.5 Å². The zero-order chi connectivity index (χ0) is 17.0. The minimum Gasteiger partial charge on any atom is -0.480 e. The number of hydrogen-bond donors (Lipinski definition) is 2. The highest BCUT2D eigenvalue weighted by Crippen LogP contribution is 2.21. The second-order valence-electron chi connectivity index (χ2n) is 5.53. The molecule has 0 aliphatic carbocycles. The van der Waals surface area contributed by atoms with E-state index >= 15 is 0 Å². The van der Waals surface area contributed by atoms with Crippen LogP contribution in [-0.4, -0.2) is 48.8 Å². The average Bonchev–Trinajstić information content (AvgIpc) is 2.55. The van der Waals surface area contributed by atoms with Crippen molar-refractivity contribution in [2.24, 2.45) is 0 Å². The minimum atomic E-state index is -3.63. The van der Waals surface area contributed by atoms with Crippen LogP contribution >= 0.6 is 0 Å². The lowest BCUT2D eigenvalue weighted by Gasteiger charge is -2.26. The SMILES string of the molecule is CC(NC(=O)c1cccc(S(=O)(=O)N2CCCCC2)c1)C(=O)O. The zero-order valence-electron chi connectivity index (χ0n) is 12.9. The van der Waals surface area contributed by atoms with Gasteiger partial charge in [-0.05, 0) is 38.0 Å². The van der Waals surface area contributed by atoms with Gasteiger partial charge in [0.15, 0.2) is 0 Å². The summed E-state index contributed by atoms with van der Waals surface area (Å²) in [5.74, 6) is -1.77. The highest BCUT2D eigenvalue weighted by atomic mass is 32.2. The van der Waals surface area contributed by atoms with Crippen LogP contribution in [0.3, 0.4) is 0 Å². The maximum atomic E-state index is 12.6. The number of nitrogens with zero attached hydrogens (tertiary/aromatic N) is 1. The maximum absolute atomic E-state index is 12.6. The molecule has 1 aromatic carbocycles. The molecule has 0 aromatic heterocycles. The summed E-state index contributed by atoms with van der Waals surface area (Å²) >= 11 is 0. The first-order chi connectivity index (χ1) is 10.8. The topological polar surface area (TPSA) is 104 Å². The van der Waals surface area contributed by atoms with Crippen molar-refractivity contribution in [3.05, 3.63) is 29.8 Å². The second kappa shape index (κ2) is 7.10. The lowest BCUT2D eigenvalue weighted by atomic mass is 10.2. The molecule has 1 saturated heterocycles. The molecule has 23 heavy (non-hydrogen) atoms. The van der Waals surface area contributed by atoms with Crippen molar-refractivity contribution >= 4 is 21.9 Å². The van der Waals surface area contributed by atoms with Gasteiger partial charge in [0, 0.05) is 18.7 Å². The summed E-state index contributed by atoms with van der Waals surface area (Å²) in [7, 11) is -3.63. The number of carbonyl (C=O) groups excluding carboxylic acids is 1. The van der Waals surface area contributed by atoms with Crippen LogP contribution in [0.15, 0.2) is 29.2 Å². The Hall–Kier alpha value is -1.93. The lowest BCUT2D eigenvalue weighted by molar-refractivity contribution is -0.138. The first-order valence-electron chi connectivity index (χ1n) is 7.46. The summed E-state index contributed by atoms with van der Waals surface area (Å²) in [4.78, 5) is 22.9. The summed E-state index contributed by atoms with van der Waals surface area (Å²) in [6, 6.07) is 4.62. The Labute approximate surface area is 135 Å². The summed E-state index contributed by atoms with van der Waals surface area (Å²) in [6.07, 6.45) is 2.67. The fourth-order valence-electron chi connectivity index (χ4n) is 2.39. The summed E-state index contributed by atoms with van der Waals surface area (Å²) in [5.41, 5.74) is 0.121. The Morgan fingerprint density at radius 1 is 1.22 bits per heavy atom. The number of rotatable bonds is 5. The number of piperidine rings is 1. The normalized spacial score (nSPS) is 17.4. The number of sulfonamides is 1. The van der Waals surface area contributed by atoms with Crippen molar-refractivity contribution in [2.45, 2.75) is 37.1 Å². The van der Waals surface area contributed by atoms with Crippen molar-refractivity contribution < 1.29 is 23.1 Å². The maximum Gasteiger partial charge on any atom is 0.325 e. The van der Waals surface area contributed by atoms with Gasteiger partial charge in [0.25, 0.3) is 5.91 Å². The molecule has 1 amide bonds. The van der Waals surface area contributed by atoms with E-state index in [1.165, 1.54) is 35.5 Å². The van der Waals surface area contributed by atoms with Crippen LogP contribution in [0.1, 0.15) is 36.5 Å². The van der Waals surface area contributed by atoms with Gasteiger partial charge in [0.2, 0.25) is 10.0 Å². The molecular weight excluding hydrogens is 320 g/mol. The predicted octanol–water partition coefficient (Wildman–Crippen LogP) is 1.06. The summed E-state index contributed by atoms with van der Waals surface area (Å²) in [6.45, 7) is 2.30. The third-order valence-corrected chi connectivity index (χ3v) is 5.66. The molecule has 1 fully saturated rings. The predicted molar refractivity (Wildman–Crippen MR) is 83.6 cm³/mol. The zero-order valence-corrected chi connectivity index (χ0v) is 13.7. The third kappa shape index (κ3) is 4.08. The van der Waals surface area contributed by atoms with Crippen molar-refractivity contribution in [3.63, 3.8) is 0 Å². The van der Waals surface area contributed by atoms with E-state index in [9.17, 15) is 18.0 Å². The smallest absolute Gasteiger partial charge is 0.325 e. The minimum absolute atomic E-state index is 0.0510. The van der Waals surface area contributed by atoms with Crippen molar-refractivity contribution in [1.29, 1.82) is 0 Å². The molecule has 1 aromatic rings. The molecule has 1 unspecified atom stereocenters. The molecule has 0 spiro atoms. The van der Waals surface area contributed by atoms with E-state index in [0.29, 0.717) is 13.1 Å². The quantitative estimate of drug-likeness (QED) is 0.834. The second-order valence-corrected chi connectivity index (χ2v) is 7.46. The summed E-state index contributed by atoms with van der Waals surface area (Å²) < 4.78 is 26.6. The average molecular weight is 340 g/mol. The molecule has 0 radical (unpaired) electrons. The summed E-state index contributed by atoms with van der Waals surface area (Å²) in [5, 5.41) is 11.1. The van der Waals surface area contributed by atoms with Crippen molar-refractivity contribution in [1.82, 2.24) is 9.62 Å². The first kappa shape index (κ1) is 17.4. The van der Waals surface area contributed by atoms with Crippen LogP contribution in [-0.2, 0) is 14.8 Å². The molecule has 0 bridgehead atoms. The molecule has 1 aliphatic heterocycles. The third-order valence-electron chi connectivity index (χ3n) is 3.77. The van der Waals surface area contributed by atoms with Crippen LogP contribution < -0.4 is 5.32 Å². The number of carboxylic acids is 1. The fraction of sp³-hybridized carbons (Fsp3) is 0.467.